The van der Waals surface area contributed by atoms with Crippen LogP contribution in [0.2, 0.25) is 0 Å². The average molecular weight is 480 g/mol. The van der Waals surface area contributed by atoms with Crippen molar-refractivity contribution >= 4 is 12.0 Å². The number of hydrogen-bond donors (Lipinski definition) is 0. The maximum atomic E-state index is 13.4. The molecule has 1 aliphatic rings. The Bertz CT molecular complexity index is 1230. The molecule has 4 rings (SSSR count). The van der Waals surface area contributed by atoms with Crippen LogP contribution in [0, 0.1) is 5.82 Å². The van der Waals surface area contributed by atoms with Crippen LogP contribution in [0.15, 0.2) is 60.8 Å². The summed E-state index contributed by atoms with van der Waals surface area (Å²) in [5.74, 6) is -1.06. The lowest BCUT2D eigenvalue weighted by Crippen LogP contribution is -2.28. The van der Waals surface area contributed by atoms with Crippen LogP contribution in [-0.2, 0) is 30.2 Å². The van der Waals surface area contributed by atoms with Gasteiger partial charge in [0, 0.05) is 30.9 Å². The van der Waals surface area contributed by atoms with Crippen LogP contribution in [0.3, 0.4) is 0 Å². The van der Waals surface area contributed by atoms with Crippen molar-refractivity contribution in [3.8, 4) is 11.1 Å². The summed E-state index contributed by atoms with van der Waals surface area (Å²) in [7, 11) is 0. The summed E-state index contributed by atoms with van der Waals surface area (Å²) in [6, 6.07) is 8.42. The van der Waals surface area contributed by atoms with Gasteiger partial charge in [0.2, 0.25) is 5.91 Å². The molecule has 0 aliphatic carbocycles. The molecule has 0 radical (unpaired) electrons. The lowest BCUT2D eigenvalue weighted by atomic mass is 9.98. The summed E-state index contributed by atoms with van der Waals surface area (Å²) < 4.78 is 92.7. The van der Waals surface area contributed by atoms with Crippen molar-refractivity contribution in [2.45, 2.75) is 25.4 Å². The van der Waals surface area contributed by atoms with Gasteiger partial charge in [-0.25, -0.2) is 4.39 Å². The smallest absolute Gasteiger partial charge is 0.330 e. The number of carbonyl (C=O) groups is 1. The Labute approximate surface area is 189 Å². The molecule has 0 atom stereocenters. The van der Waals surface area contributed by atoms with Gasteiger partial charge in [-0.3, -0.25) is 9.78 Å². The molecule has 0 spiro atoms. The number of amides is 1. The molecule has 3 aromatic rings. The summed E-state index contributed by atoms with van der Waals surface area (Å²) in [6.45, 7) is -0.618. The van der Waals surface area contributed by atoms with Gasteiger partial charge in [0.1, 0.15) is 5.82 Å². The second-order valence-electron chi connectivity index (χ2n) is 7.67. The number of carbonyl (C=O) groups excluding carboxylic acids is 1. The maximum Gasteiger partial charge on any atom is 0.416 e. The first-order chi connectivity index (χ1) is 15.9. The molecule has 2 aromatic carbocycles. The third kappa shape index (κ3) is 4.95. The Morgan fingerprint density at radius 1 is 0.853 bits per heavy atom. The normalized spacial score (nSPS) is 14.2. The number of fused-ring (bicyclic) bond motifs is 1. The van der Waals surface area contributed by atoms with Crippen molar-refractivity contribution in [2.75, 3.05) is 0 Å². The zero-order chi connectivity index (χ0) is 24.7. The summed E-state index contributed by atoms with van der Waals surface area (Å²) in [6.07, 6.45) is -5.91. The molecule has 0 fully saturated rings. The Hall–Kier alpha value is -3.69. The molecule has 1 aromatic heterocycles. The maximum absolute atomic E-state index is 13.4. The number of halogens is 7. The zero-order valence-corrected chi connectivity index (χ0v) is 17.2. The molecule has 0 bridgehead atoms. The topological polar surface area (TPSA) is 33.2 Å². The molecule has 0 saturated carbocycles. The van der Waals surface area contributed by atoms with Crippen molar-refractivity contribution in [2.24, 2.45) is 0 Å². The van der Waals surface area contributed by atoms with Gasteiger partial charge in [-0.05, 0) is 59.2 Å². The van der Waals surface area contributed by atoms with E-state index in [-0.39, 0.29) is 18.2 Å². The highest BCUT2D eigenvalue weighted by Crippen LogP contribution is 2.37. The van der Waals surface area contributed by atoms with E-state index in [0.717, 1.165) is 11.0 Å². The zero-order valence-electron chi connectivity index (χ0n) is 17.2. The fraction of sp³-hybridized carbons (Fsp3) is 0.167. The SMILES string of the molecule is O=C1C=Cc2nccc(-c3ccc(F)cc3)c2CN1Cc1cc(C(F)(F)F)cc(C(F)(F)F)c1. The van der Waals surface area contributed by atoms with Crippen molar-refractivity contribution in [3.63, 3.8) is 0 Å². The molecule has 34 heavy (non-hydrogen) atoms. The quantitative estimate of drug-likeness (QED) is 0.402. The number of benzene rings is 2. The molecule has 176 valence electrons. The van der Waals surface area contributed by atoms with Crippen LogP contribution >= 0.6 is 0 Å². The van der Waals surface area contributed by atoms with Gasteiger partial charge in [-0.1, -0.05) is 12.1 Å². The Morgan fingerprint density at radius 2 is 1.47 bits per heavy atom. The minimum absolute atomic E-state index is 0.0412. The van der Waals surface area contributed by atoms with Gasteiger partial charge in [-0.2, -0.15) is 26.3 Å². The minimum atomic E-state index is -5.00. The van der Waals surface area contributed by atoms with Crippen LogP contribution < -0.4 is 0 Å². The summed E-state index contributed by atoms with van der Waals surface area (Å²) in [5.41, 5.74) is -1.07. The number of alkyl halides is 6. The lowest BCUT2D eigenvalue weighted by Gasteiger charge is -2.23. The highest BCUT2D eigenvalue weighted by atomic mass is 19.4. The molecule has 0 unspecified atom stereocenters. The third-order valence-electron chi connectivity index (χ3n) is 5.31. The predicted octanol–water partition coefficient (Wildman–Crippen LogP) is 6.48. The van der Waals surface area contributed by atoms with Crippen molar-refractivity contribution in [1.29, 1.82) is 0 Å². The molecule has 2 heterocycles. The fourth-order valence-electron chi connectivity index (χ4n) is 3.71. The summed E-state index contributed by atoms with van der Waals surface area (Å²) >= 11 is 0. The van der Waals surface area contributed by atoms with E-state index in [1.165, 1.54) is 36.5 Å². The first-order valence-electron chi connectivity index (χ1n) is 9.91. The molecule has 1 amide bonds. The molecular weight excluding hydrogens is 465 g/mol. The molecule has 0 N–H and O–H groups in total. The monoisotopic (exact) mass is 480 g/mol. The van der Waals surface area contributed by atoms with E-state index < -0.39 is 41.7 Å². The first-order valence-corrected chi connectivity index (χ1v) is 9.91. The molecular formula is C24H15F7N2O. The van der Waals surface area contributed by atoms with Gasteiger partial charge in [0.25, 0.3) is 0 Å². The Morgan fingerprint density at radius 3 is 2.06 bits per heavy atom. The molecule has 10 heteroatoms. The first kappa shape index (κ1) is 23.5. The molecule has 1 aliphatic heterocycles. The number of nitrogens with zero attached hydrogens (tertiary/aromatic N) is 2. The highest BCUT2D eigenvalue weighted by Gasteiger charge is 2.37. The number of hydrogen-bond acceptors (Lipinski definition) is 2. The standard InChI is InChI=1S/C24H15F7N2O/c25-18-3-1-15(2-4-18)19-7-8-32-21-5-6-22(34)33(13-20(19)21)12-14-9-16(23(26,27)28)11-17(10-14)24(29,30)31/h1-11H,12-13H2. The van der Waals surface area contributed by atoms with E-state index >= 15 is 0 Å². The van der Waals surface area contributed by atoms with E-state index in [1.807, 2.05) is 0 Å². The van der Waals surface area contributed by atoms with Gasteiger partial charge in [0.05, 0.1) is 16.8 Å². The third-order valence-corrected chi connectivity index (χ3v) is 5.31. The van der Waals surface area contributed by atoms with E-state index in [4.69, 9.17) is 0 Å². The van der Waals surface area contributed by atoms with E-state index in [9.17, 15) is 35.5 Å². The minimum Gasteiger partial charge on any atom is -0.330 e. The second kappa shape index (κ2) is 8.58. The number of rotatable bonds is 3. The number of aromatic nitrogens is 1. The van der Waals surface area contributed by atoms with Gasteiger partial charge in [0.15, 0.2) is 0 Å². The molecule has 0 saturated heterocycles. The van der Waals surface area contributed by atoms with Crippen LogP contribution in [0.5, 0.6) is 0 Å². The fourth-order valence-corrected chi connectivity index (χ4v) is 3.71. The Balaban J connectivity index is 1.74. The van der Waals surface area contributed by atoms with Crippen molar-refractivity contribution < 1.29 is 35.5 Å². The summed E-state index contributed by atoms with van der Waals surface area (Å²) in [4.78, 5) is 18.0. The van der Waals surface area contributed by atoms with Crippen LogP contribution in [0.25, 0.3) is 17.2 Å². The second-order valence-corrected chi connectivity index (χ2v) is 7.67. The van der Waals surface area contributed by atoms with Crippen LogP contribution in [0.4, 0.5) is 30.7 Å². The van der Waals surface area contributed by atoms with Gasteiger partial charge in [-0.15, -0.1) is 0 Å². The Kier molecular flexibility index (Phi) is 5.93. The lowest BCUT2D eigenvalue weighted by molar-refractivity contribution is -0.143. The van der Waals surface area contributed by atoms with E-state index in [2.05, 4.69) is 4.98 Å². The van der Waals surface area contributed by atoms with Gasteiger partial charge >= 0.3 is 12.4 Å². The van der Waals surface area contributed by atoms with Crippen molar-refractivity contribution in [3.05, 3.63) is 94.6 Å². The predicted molar refractivity (Wildman–Crippen MR) is 109 cm³/mol. The van der Waals surface area contributed by atoms with Crippen molar-refractivity contribution in [1.82, 2.24) is 9.88 Å². The molecule has 3 nitrogen and oxygen atoms in total. The summed E-state index contributed by atoms with van der Waals surface area (Å²) in [5, 5.41) is 0. The average Bonchev–Trinajstić information content (AvgIpc) is 2.92. The van der Waals surface area contributed by atoms with Gasteiger partial charge < -0.3 is 4.90 Å². The van der Waals surface area contributed by atoms with E-state index in [0.29, 0.717) is 34.5 Å². The van der Waals surface area contributed by atoms with Crippen LogP contribution in [-0.4, -0.2) is 15.8 Å². The van der Waals surface area contributed by atoms with E-state index in [1.54, 1.807) is 6.07 Å². The largest absolute Gasteiger partial charge is 0.416 e. The number of pyridine rings is 1. The highest BCUT2D eigenvalue weighted by molar-refractivity contribution is 5.93. The van der Waals surface area contributed by atoms with Crippen LogP contribution in [0.1, 0.15) is 27.9 Å².